The van der Waals surface area contributed by atoms with Gasteiger partial charge in [-0.1, -0.05) is 13.3 Å². The summed E-state index contributed by atoms with van der Waals surface area (Å²) >= 11 is 0. The van der Waals surface area contributed by atoms with Crippen molar-refractivity contribution in [2.45, 2.75) is 77.8 Å². The number of amides is 1. The molecule has 5 rings (SSSR count). The molecule has 4 saturated carbocycles. The summed E-state index contributed by atoms with van der Waals surface area (Å²) in [4.78, 5) is 12.6. The quantitative estimate of drug-likeness (QED) is 0.787. The SMILES string of the molecule is CCCc1cc[n+](CC(=O)N[C@H](C)C23CC4CC(CC(C4)C2)C3)cc1. The van der Waals surface area contributed by atoms with Crippen LogP contribution in [-0.2, 0) is 17.8 Å². The fourth-order valence-electron chi connectivity index (χ4n) is 6.36. The first kappa shape index (κ1) is 17.1. The summed E-state index contributed by atoms with van der Waals surface area (Å²) < 4.78 is 2.00. The van der Waals surface area contributed by atoms with Gasteiger partial charge in [0, 0.05) is 18.2 Å². The Bertz CT molecular complexity index is 586. The zero-order valence-electron chi connectivity index (χ0n) is 15.8. The molecule has 1 N–H and O–H groups in total. The number of carbonyl (C=O) groups is 1. The third-order valence-electron chi connectivity index (χ3n) is 7.21. The van der Waals surface area contributed by atoms with Gasteiger partial charge >= 0.3 is 0 Å². The van der Waals surface area contributed by atoms with Gasteiger partial charge in [-0.2, -0.15) is 4.57 Å². The minimum absolute atomic E-state index is 0.163. The molecule has 1 amide bonds. The average Bonchev–Trinajstić information content (AvgIpc) is 2.55. The number of aromatic nitrogens is 1. The molecule has 0 spiro atoms. The molecule has 3 nitrogen and oxygen atoms in total. The highest BCUT2D eigenvalue weighted by Crippen LogP contribution is 2.61. The Morgan fingerprint density at radius 3 is 2.24 bits per heavy atom. The second-order valence-electron chi connectivity index (χ2n) is 9.20. The van der Waals surface area contributed by atoms with Crippen molar-refractivity contribution in [2.75, 3.05) is 0 Å². The van der Waals surface area contributed by atoms with Crippen molar-refractivity contribution in [2.24, 2.45) is 23.2 Å². The van der Waals surface area contributed by atoms with Crippen LogP contribution in [0.4, 0.5) is 0 Å². The Balaban J connectivity index is 1.36. The third kappa shape index (κ3) is 3.47. The normalized spacial score (nSPS) is 34.1. The highest BCUT2D eigenvalue weighted by molar-refractivity contribution is 5.74. The molecule has 136 valence electrons. The third-order valence-corrected chi connectivity index (χ3v) is 7.21. The van der Waals surface area contributed by atoms with Crippen molar-refractivity contribution < 1.29 is 9.36 Å². The van der Waals surface area contributed by atoms with Crippen LogP contribution in [0, 0.1) is 23.2 Å². The number of nitrogens with zero attached hydrogens (tertiary/aromatic N) is 1. The summed E-state index contributed by atoms with van der Waals surface area (Å²) in [5.41, 5.74) is 1.74. The summed E-state index contributed by atoms with van der Waals surface area (Å²) in [6.45, 7) is 4.89. The maximum absolute atomic E-state index is 12.6. The largest absolute Gasteiger partial charge is 0.348 e. The second-order valence-corrected chi connectivity index (χ2v) is 9.20. The number of hydrogen-bond donors (Lipinski definition) is 1. The molecule has 0 unspecified atom stereocenters. The van der Waals surface area contributed by atoms with Gasteiger partial charge in [-0.15, -0.1) is 0 Å². The Morgan fingerprint density at radius 1 is 1.16 bits per heavy atom. The van der Waals surface area contributed by atoms with Gasteiger partial charge in [0.15, 0.2) is 12.4 Å². The summed E-state index contributed by atoms with van der Waals surface area (Å²) in [7, 11) is 0. The van der Waals surface area contributed by atoms with Crippen LogP contribution < -0.4 is 9.88 Å². The molecule has 1 heterocycles. The number of carbonyl (C=O) groups excluding carboxylic acids is 1. The van der Waals surface area contributed by atoms with Gasteiger partial charge in [0.2, 0.25) is 6.54 Å². The van der Waals surface area contributed by atoms with Crippen LogP contribution in [0.15, 0.2) is 24.5 Å². The van der Waals surface area contributed by atoms with Gasteiger partial charge in [0.25, 0.3) is 5.91 Å². The minimum atomic E-state index is 0.163. The van der Waals surface area contributed by atoms with Gasteiger partial charge in [-0.3, -0.25) is 4.79 Å². The van der Waals surface area contributed by atoms with Crippen LogP contribution in [-0.4, -0.2) is 11.9 Å². The molecule has 0 radical (unpaired) electrons. The summed E-state index contributed by atoms with van der Waals surface area (Å²) in [6.07, 6.45) is 14.8. The standard InChI is InChI=1S/C22H32N2O/c1-3-4-17-5-7-24(8-6-17)15-21(25)23-16(2)22-12-18-9-19(13-22)11-20(10-18)14-22/h5-8,16,18-20H,3-4,9-15H2,1-2H3/p+1/t16-,18?,19?,20?,22?/m1/s1. The molecule has 1 aromatic rings. The van der Waals surface area contributed by atoms with Gasteiger partial charge < -0.3 is 5.32 Å². The van der Waals surface area contributed by atoms with E-state index < -0.39 is 0 Å². The highest BCUT2D eigenvalue weighted by atomic mass is 16.2. The summed E-state index contributed by atoms with van der Waals surface area (Å²) in [6, 6.07) is 4.59. The average molecular weight is 342 g/mol. The lowest BCUT2D eigenvalue weighted by atomic mass is 9.48. The van der Waals surface area contributed by atoms with Gasteiger partial charge in [0.05, 0.1) is 0 Å². The van der Waals surface area contributed by atoms with E-state index in [4.69, 9.17) is 0 Å². The van der Waals surface area contributed by atoms with E-state index in [1.807, 2.05) is 17.0 Å². The van der Waals surface area contributed by atoms with Crippen molar-refractivity contribution in [3.05, 3.63) is 30.1 Å². The van der Waals surface area contributed by atoms with Gasteiger partial charge in [-0.05, 0) is 80.6 Å². The van der Waals surface area contributed by atoms with Crippen molar-refractivity contribution in [3.63, 3.8) is 0 Å². The lowest BCUT2D eigenvalue weighted by molar-refractivity contribution is -0.684. The topological polar surface area (TPSA) is 33.0 Å². The predicted octanol–water partition coefficient (Wildman–Crippen LogP) is 3.65. The van der Waals surface area contributed by atoms with Gasteiger partial charge in [-0.25, -0.2) is 0 Å². The first-order valence-electron chi connectivity index (χ1n) is 10.3. The predicted molar refractivity (Wildman–Crippen MR) is 98.8 cm³/mol. The maximum atomic E-state index is 12.6. The van der Waals surface area contributed by atoms with E-state index in [1.165, 1.54) is 44.1 Å². The van der Waals surface area contributed by atoms with Crippen molar-refractivity contribution >= 4 is 5.91 Å². The number of aryl methyl sites for hydroxylation is 1. The van der Waals surface area contributed by atoms with E-state index in [-0.39, 0.29) is 5.91 Å². The number of nitrogens with one attached hydrogen (secondary N) is 1. The maximum Gasteiger partial charge on any atom is 0.286 e. The molecule has 0 aliphatic heterocycles. The molecule has 1 atom stereocenters. The number of hydrogen-bond acceptors (Lipinski definition) is 1. The molecule has 4 aliphatic carbocycles. The molecule has 1 aromatic heterocycles. The Kier molecular flexibility index (Phi) is 4.59. The first-order chi connectivity index (χ1) is 12.1. The fourth-order valence-corrected chi connectivity index (χ4v) is 6.36. The van der Waals surface area contributed by atoms with Crippen LogP contribution in [0.5, 0.6) is 0 Å². The van der Waals surface area contributed by atoms with Crippen molar-refractivity contribution in [3.8, 4) is 0 Å². The number of rotatable bonds is 6. The number of pyridine rings is 1. The van der Waals surface area contributed by atoms with Gasteiger partial charge in [0.1, 0.15) is 0 Å². The van der Waals surface area contributed by atoms with E-state index in [1.54, 1.807) is 0 Å². The second kappa shape index (κ2) is 6.74. The van der Waals surface area contributed by atoms with E-state index in [0.717, 1.165) is 30.6 Å². The van der Waals surface area contributed by atoms with Crippen LogP contribution >= 0.6 is 0 Å². The van der Waals surface area contributed by atoms with Crippen molar-refractivity contribution in [1.82, 2.24) is 5.32 Å². The van der Waals surface area contributed by atoms with Crippen LogP contribution in [0.3, 0.4) is 0 Å². The smallest absolute Gasteiger partial charge is 0.286 e. The highest BCUT2D eigenvalue weighted by Gasteiger charge is 2.53. The fraction of sp³-hybridized carbons (Fsp3) is 0.727. The molecule has 3 heteroatoms. The monoisotopic (exact) mass is 341 g/mol. The molecular formula is C22H33N2O+. The molecule has 4 fully saturated rings. The summed E-state index contributed by atoms with van der Waals surface area (Å²) in [5.74, 6) is 2.97. The van der Waals surface area contributed by atoms with E-state index >= 15 is 0 Å². The van der Waals surface area contributed by atoms with Crippen LogP contribution in [0.1, 0.15) is 64.4 Å². The molecular weight excluding hydrogens is 308 g/mol. The Labute approximate surface area is 152 Å². The van der Waals surface area contributed by atoms with E-state index in [2.05, 4.69) is 31.3 Å². The lowest BCUT2D eigenvalue weighted by Gasteiger charge is -2.59. The molecule has 0 saturated heterocycles. The Morgan fingerprint density at radius 2 is 1.72 bits per heavy atom. The molecule has 4 bridgehead atoms. The lowest BCUT2D eigenvalue weighted by Crippen LogP contribution is -2.57. The molecule has 4 aliphatic rings. The Hall–Kier alpha value is -1.38. The summed E-state index contributed by atoms with van der Waals surface area (Å²) in [5, 5.41) is 3.37. The first-order valence-corrected chi connectivity index (χ1v) is 10.3. The van der Waals surface area contributed by atoms with Crippen LogP contribution in [0.25, 0.3) is 0 Å². The molecule has 25 heavy (non-hydrogen) atoms. The van der Waals surface area contributed by atoms with E-state index in [0.29, 0.717) is 18.0 Å². The minimum Gasteiger partial charge on any atom is -0.348 e. The molecule has 0 aromatic carbocycles. The van der Waals surface area contributed by atoms with Crippen molar-refractivity contribution in [1.29, 1.82) is 0 Å². The zero-order chi connectivity index (χ0) is 17.4. The zero-order valence-corrected chi connectivity index (χ0v) is 15.8. The van der Waals surface area contributed by atoms with E-state index in [9.17, 15) is 4.79 Å². The van der Waals surface area contributed by atoms with Crippen LogP contribution in [0.2, 0.25) is 0 Å².